The molecule has 0 amide bonds. The molecule has 1 fully saturated rings. The molecule has 0 bridgehead atoms. The van der Waals surface area contributed by atoms with E-state index in [-0.39, 0.29) is 5.54 Å². The van der Waals surface area contributed by atoms with Crippen molar-refractivity contribution >= 4 is 11.6 Å². The summed E-state index contributed by atoms with van der Waals surface area (Å²) in [5.41, 5.74) is 1.46. The van der Waals surface area contributed by atoms with Crippen LogP contribution in [0.4, 0.5) is 0 Å². The quantitative estimate of drug-likeness (QED) is 0.700. The van der Waals surface area contributed by atoms with Crippen molar-refractivity contribution in [3.63, 3.8) is 0 Å². The highest BCUT2D eigenvalue weighted by Crippen LogP contribution is 2.45. The van der Waals surface area contributed by atoms with Crippen molar-refractivity contribution in [1.29, 1.82) is 0 Å². The van der Waals surface area contributed by atoms with Gasteiger partial charge in [-0.15, -0.1) is 5.54 Å². The monoisotopic (exact) mass is 194 g/mol. The summed E-state index contributed by atoms with van der Waals surface area (Å²) in [5.74, 6) is 0. The molecule has 70 valence electrons. The van der Waals surface area contributed by atoms with Crippen molar-refractivity contribution in [2.24, 2.45) is 0 Å². The second kappa shape index (κ2) is 3.32. The summed E-state index contributed by atoms with van der Waals surface area (Å²) in [6.07, 6.45) is 3.44. The number of hydrogen-bond donors (Lipinski definition) is 0. The van der Waals surface area contributed by atoms with E-state index < -0.39 is 0 Å². The van der Waals surface area contributed by atoms with Gasteiger partial charge in [-0.3, -0.25) is 0 Å². The van der Waals surface area contributed by atoms with Gasteiger partial charge in [0, 0.05) is 5.02 Å². The van der Waals surface area contributed by atoms with Crippen LogP contribution in [0.5, 0.6) is 0 Å². The Morgan fingerprint density at radius 2 is 2.08 bits per heavy atom. The summed E-state index contributed by atoms with van der Waals surface area (Å²) in [7, 11) is 1.91. The minimum absolute atomic E-state index is 0.227. The number of halogens is 1. The zero-order chi connectivity index (χ0) is 9.31. The Morgan fingerprint density at radius 3 is 2.62 bits per heavy atom. The fourth-order valence-electron chi connectivity index (χ4n) is 1.62. The van der Waals surface area contributed by atoms with Crippen LogP contribution in [0.25, 0.3) is 5.32 Å². The molecular weight excluding hydrogens is 182 g/mol. The SMILES string of the molecule is C[N-]C1(Cc2ccccc2Cl)CC1. The number of benzene rings is 1. The maximum Gasteiger partial charge on any atom is 0.0437 e. The summed E-state index contributed by atoms with van der Waals surface area (Å²) in [5, 5.41) is 5.28. The van der Waals surface area contributed by atoms with E-state index in [9.17, 15) is 0 Å². The van der Waals surface area contributed by atoms with Crippen LogP contribution < -0.4 is 0 Å². The lowest BCUT2D eigenvalue weighted by Gasteiger charge is -2.27. The first-order valence-electron chi connectivity index (χ1n) is 4.60. The Bertz CT molecular complexity index is 305. The van der Waals surface area contributed by atoms with Crippen LogP contribution in [0.1, 0.15) is 18.4 Å². The molecule has 0 N–H and O–H groups in total. The van der Waals surface area contributed by atoms with Crippen LogP contribution >= 0.6 is 11.6 Å². The van der Waals surface area contributed by atoms with Crippen molar-refractivity contribution < 1.29 is 0 Å². The van der Waals surface area contributed by atoms with E-state index in [2.05, 4.69) is 11.4 Å². The van der Waals surface area contributed by atoms with E-state index in [1.807, 2.05) is 25.2 Å². The van der Waals surface area contributed by atoms with E-state index in [0.29, 0.717) is 0 Å². The zero-order valence-electron chi connectivity index (χ0n) is 7.76. The molecule has 0 saturated heterocycles. The molecule has 1 aliphatic rings. The van der Waals surface area contributed by atoms with E-state index in [0.717, 1.165) is 11.4 Å². The van der Waals surface area contributed by atoms with Gasteiger partial charge in [-0.05, 0) is 18.1 Å². The highest BCUT2D eigenvalue weighted by molar-refractivity contribution is 6.31. The van der Waals surface area contributed by atoms with Gasteiger partial charge in [-0.2, -0.15) is 7.05 Å². The number of hydrogen-bond acceptors (Lipinski definition) is 0. The molecule has 1 aromatic rings. The normalized spacial score (nSPS) is 18.6. The van der Waals surface area contributed by atoms with Crippen LogP contribution in [0, 0.1) is 0 Å². The summed E-state index contributed by atoms with van der Waals surface area (Å²) < 4.78 is 0. The van der Waals surface area contributed by atoms with Crippen LogP contribution in [-0.4, -0.2) is 12.6 Å². The highest BCUT2D eigenvalue weighted by atomic mass is 35.5. The largest absolute Gasteiger partial charge is 0.659 e. The van der Waals surface area contributed by atoms with Gasteiger partial charge in [0.25, 0.3) is 0 Å². The molecule has 1 aliphatic carbocycles. The minimum Gasteiger partial charge on any atom is -0.659 e. The standard InChI is InChI=1S/C11H13ClN/c1-13-11(6-7-11)8-9-4-2-3-5-10(9)12/h2-5H,6-8H2,1H3/q-1. The third-order valence-electron chi connectivity index (χ3n) is 2.78. The molecule has 1 saturated carbocycles. The van der Waals surface area contributed by atoms with Crippen molar-refractivity contribution in [1.82, 2.24) is 0 Å². The number of rotatable bonds is 3. The van der Waals surface area contributed by atoms with Crippen molar-refractivity contribution in [2.45, 2.75) is 24.8 Å². The molecule has 0 aromatic heterocycles. The zero-order valence-corrected chi connectivity index (χ0v) is 8.51. The van der Waals surface area contributed by atoms with Crippen LogP contribution in [0.15, 0.2) is 24.3 Å². The number of likely N-dealkylation sites (N-methyl/N-ethyl adjacent to an activating group) is 1. The molecule has 0 spiro atoms. The van der Waals surface area contributed by atoms with Crippen LogP contribution in [0.2, 0.25) is 5.02 Å². The highest BCUT2D eigenvalue weighted by Gasteiger charge is 2.31. The lowest BCUT2D eigenvalue weighted by molar-refractivity contribution is 0.750. The Labute approximate surface area is 84.1 Å². The van der Waals surface area contributed by atoms with Gasteiger partial charge < -0.3 is 5.32 Å². The number of nitrogens with zero attached hydrogens (tertiary/aromatic N) is 1. The molecule has 0 aliphatic heterocycles. The minimum atomic E-state index is 0.227. The summed E-state index contributed by atoms with van der Waals surface area (Å²) >= 11 is 6.07. The molecule has 0 atom stereocenters. The lowest BCUT2D eigenvalue weighted by Crippen LogP contribution is -2.10. The Hall–Kier alpha value is -0.530. The first-order valence-corrected chi connectivity index (χ1v) is 4.98. The Balaban J connectivity index is 2.14. The van der Waals surface area contributed by atoms with E-state index in [4.69, 9.17) is 11.6 Å². The van der Waals surface area contributed by atoms with E-state index >= 15 is 0 Å². The first kappa shape index (κ1) is 9.04. The maximum absolute atomic E-state index is 6.07. The summed E-state index contributed by atoms with van der Waals surface area (Å²) in [6.45, 7) is 0. The Morgan fingerprint density at radius 1 is 1.38 bits per heavy atom. The fourth-order valence-corrected chi connectivity index (χ4v) is 1.82. The summed E-state index contributed by atoms with van der Waals surface area (Å²) in [4.78, 5) is 0. The lowest BCUT2D eigenvalue weighted by atomic mass is 10.0. The fraction of sp³-hybridized carbons (Fsp3) is 0.455. The van der Waals surface area contributed by atoms with Gasteiger partial charge in [0.15, 0.2) is 0 Å². The van der Waals surface area contributed by atoms with Gasteiger partial charge in [-0.1, -0.05) is 42.6 Å². The molecule has 0 heterocycles. The second-order valence-corrected chi connectivity index (χ2v) is 4.12. The van der Waals surface area contributed by atoms with Crippen molar-refractivity contribution in [2.75, 3.05) is 7.05 Å². The first-order chi connectivity index (χ1) is 6.26. The van der Waals surface area contributed by atoms with Crippen molar-refractivity contribution in [3.05, 3.63) is 40.2 Å². The molecule has 1 nitrogen and oxygen atoms in total. The summed E-state index contributed by atoms with van der Waals surface area (Å²) in [6, 6.07) is 8.04. The Kier molecular flexibility index (Phi) is 2.31. The van der Waals surface area contributed by atoms with Gasteiger partial charge in [0.1, 0.15) is 0 Å². The van der Waals surface area contributed by atoms with Gasteiger partial charge in [-0.25, -0.2) is 0 Å². The molecule has 2 heteroatoms. The van der Waals surface area contributed by atoms with Crippen molar-refractivity contribution in [3.8, 4) is 0 Å². The average molecular weight is 195 g/mol. The van der Waals surface area contributed by atoms with Crippen LogP contribution in [0.3, 0.4) is 0 Å². The van der Waals surface area contributed by atoms with Crippen LogP contribution in [-0.2, 0) is 6.42 Å². The topological polar surface area (TPSA) is 14.1 Å². The third kappa shape index (κ3) is 1.87. The van der Waals surface area contributed by atoms with E-state index in [1.165, 1.54) is 18.4 Å². The predicted molar refractivity (Wildman–Crippen MR) is 56.4 cm³/mol. The second-order valence-electron chi connectivity index (χ2n) is 3.72. The van der Waals surface area contributed by atoms with E-state index in [1.54, 1.807) is 0 Å². The van der Waals surface area contributed by atoms with Gasteiger partial charge >= 0.3 is 0 Å². The predicted octanol–water partition coefficient (Wildman–Crippen LogP) is 3.42. The molecule has 1 aromatic carbocycles. The molecule has 0 unspecified atom stereocenters. The average Bonchev–Trinajstić information content (AvgIpc) is 2.90. The third-order valence-corrected chi connectivity index (χ3v) is 3.15. The van der Waals surface area contributed by atoms with Gasteiger partial charge in [0.2, 0.25) is 0 Å². The smallest absolute Gasteiger partial charge is 0.0437 e. The molecular formula is C11H13ClN-. The van der Waals surface area contributed by atoms with Gasteiger partial charge in [0.05, 0.1) is 0 Å². The maximum atomic E-state index is 6.07. The molecule has 2 rings (SSSR count). The molecule has 0 radical (unpaired) electrons. The molecule has 13 heavy (non-hydrogen) atoms.